The van der Waals surface area contributed by atoms with Gasteiger partial charge in [0.25, 0.3) is 4.92 Å². The van der Waals surface area contributed by atoms with Crippen LogP contribution in [0.2, 0.25) is 5.02 Å². The van der Waals surface area contributed by atoms with Crippen molar-refractivity contribution in [1.82, 2.24) is 0 Å². The highest BCUT2D eigenvalue weighted by atomic mass is 79.9. The maximum absolute atomic E-state index is 10.9. The average Bonchev–Trinajstić information content (AvgIpc) is 2.42. The normalized spacial score (nSPS) is 11.0. The highest BCUT2D eigenvalue weighted by molar-refractivity contribution is 9.11. The average molecular weight is 435 g/mol. The molecule has 2 aromatic carbocycles. The molecule has 0 aliphatic carbocycles. The van der Waals surface area contributed by atoms with E-state index in [1.807, 2.05) is 0 Å². The van der Waals surface area contributed by atoms with Crippen LogP contribution in [0.5, 0.6) is 5.75 Å². The number of aromatic hydroxyl groups is 1. The molecule has 0 aliphatic rings. The smallest absolute Gasteiger partial charge is 0.337 e. The molecule has 2 rings (SSSR count). The number of hydrogen-bond acceptors (Lipinski definition) is 3. The zero-order valence-corrected chi connectivity index (χ0v) is 14.2. The fourth-order valence-corrected chi connectivity index (χ4v) is 3.08. The summed E-state index contributed by atoms with van der Waals surface area (Å²) < 4.78 is 1.27. The van der Waals surface area contributed by atoms with Crippen molar-refractivity contribution in [3.63, 3.8) is 0 Å². The van der Waals surface area contributed by atoms with Crippen LogP contribution in [-0.4, -0.2) is 21.5 Å². The van der Waals surface area contributed by atoms with Crippen LogP contribution in [0.15, 0.2) is 44.3 Å². The Hall–Kier alpha value is -1.44. The molecule has 2 N–H and O–H groups in total. The minimum absolute atomic E-state index is 0.0137. The van der Waals surface area contributed by atoms with E-state index >= 15 is 0 Å². The summed E-state index contributed by atoms with van der Waals surface area (Å²) in [5.41, 5.74) is 0.645. The molecule has 0 unspecified atom stereocenters. The molecule has 0 saturated carbocycles. The number of phenolic OH excluding ortho intramolecular Hbond substituents is 1. The molecule has 0 aliphatic heterocycles. The van der Waals surface area contributed by atoms with Crippen molar-refractivity contribution in [2.75, 3.05) is 0 Å². The van der Waals surface area contributed by atoms with E-state index in [1.54, 1.807) is 18.2 Å². The molecule has 0 atom stereocenters. The number of halogens is 3. The summed E-state index contributed by atoms with van der Waals surface area (Å²) in [6, 6.07) is 7.84. The van der Waals surface area contributed by atoms with E-state index in [0.29, 0.717) is 15.7 Å². The molecule has 0 heterocycles. The van der Waals surface area contributed by atoms with Crippen LogP contribution in [0.3, 0.4) is 0 Å². The second-order valence-corrected chi connectivity index (χ2v) is 6.11. The van der Waals surface area contributed by atoms with Crippen LogP contribution < -0.4 is 0 Å². The van der Waals surface area contributed by atoms with Crippen LogP contribution >= 0.6 is 43.5 Å². The largest absolute Gasteiger partial charge is 0.506 e. The Balaban J connectivity index is 2.43. The zero-order chi connectivity index (χ0) is 15.6. The lowest BCUT2D eigenvalue weighted by molar-refractivity contribution is -0.729. The van der Waals surface area contributed by atoms with Gasteiger partial charge in [0, 0.05) is 22.3 Å². The molecule has 21 heavy (non-hydrogen) atoms. The van der Waals surface area contributed by atoms with E-state index in [4.69, 9.17) is 16.8 Å². The first-order chi connectivity index (χ1) is 9.90. The predicted molar refractivity (Wildman–Crippen MR) is 87.3 cm³/mol. The third kappa shape index (κ3) is 3.61. The number of phenols is 1. The molecular weight excluding hydrogens is 427 g/mol. The van der Waals surface area contributed by atoms with E-state index in [1.165, 1.54) is 18.3 Å². The van der Waals surface area contributed by atoms with Crippen molar-refractivity contribution in [1.29, 1.82) is 0 Å². The van der Waals surface area contributed by atoms with Crippen LogP contribution in [0.25, 0.3) is 0 Å². The minimum atomic E-state index is -0.325. The first kappa shape index (κ1) is 15.9. The Labute approximate surface area is 141 Å². The van der Waals surface area contributed by atoms with Crippen molar-refractivity contribution in [2.24, 2.45) is 4.99 Å². The Morgan fingerprint density at radius 2 is 2.00 bits per heavy atom. The lowest BCUT2D eigenvalue weighted by Gasteiger charge is -2.03. The Morgan fingerprint density at radius 3 is 2.67 bits per heavy atom. The molecular formula is C13H8Br2ClN2O3+. The van der Waals surface area contributed by atoms with E-state index in [9.17, 15) is 10.0 Å². The molecule has 2 aromatic rings. The van der Waals surface area contributed by atoms with Crippen LogP contribution in [-0.2, 0) is 0 Å². The standard InChI is InChI=1S/C13H7Br2ClN2O3/c14-8-4-7(13(19)9(15)5-8)6-17-10-2-1-3-11(12(10)16)18(20)21/h1-6H,(H-,17,19,20,21)/p+1. The molecule has 0 bridgehead atoms. The highest BCUT2D eigenvalue weighted by Gasteiger charge is 2.19. The monoisotopic (exact) mass is 433 g/mol. The third-order valence-corrected chi connectivity index (χ3v) is 4.01. The van der Waals surface area contributed by atoms with Gasteiger partial charge in [0.1, 0.15) is 10.8 Å². The van der Waals surface area contributed by atoms with Crippen LogP contribution in [0.4, 0.5) is 11.4 Å². The molecule has 5 nitrogen and oxygen atoms in total. The Kier molecular flexibility index (Phi) is 4.97. The second-order valence-electron chi connectivity index (χ2n) is 3.97. The summed E-state index contributed by atoms with van der Waals surface area (Å²) >= 11 is 12.5. The van der Waals surface area contributed by atoms with Gasteiger partial charge in [0.15, 0.2) is 0 Å². The van der Waals surface area contributed by atoms with Gasteiger partial charge in [0.05, 0.1) is 15.1 Å². The number of aliphatic imine (C=N–C) groups is 1. The van der Waals surface area contributed by atoms with Gasteiger partial charge < -0.3 is 5.11 Å². The summed E-state index contributed by atoms with van der Waals surface area (Å²) in [5, 5.41) is 18.9. The topological polar surface area (TPSA) is 72.9 Å². The van der Waals surface area contributed by atoms with E-state index in [-0.39, 0.29) is 21.4 Å². The molecule has 0 saturated heterocycles. The number of nitrogens with zero attached hydrogens (tertiary/aromatic N) is 2. The Morgan fingerprint density at radius 1 is 1.29 bits per heavy atom. The van der Waals surface area contributed by atoms with E-state index in [0.717, 1.165) is 4.47 Å². The van der Waals surface area contributed by atoms with Crippen LogP contribution in [0, 0.1) is 4.91 Å². The number of hydrogen-bond donors (Lipinski definition) is 2. The van der Waals surface area contributed by atoms with Gasteiger partial charge in [0.2, 0.25) is 0 Å². The van der Waals surface area contributed by atoms with E-state index in [2.05, 4.69) is 36.9 Å². The SMILES string of the molecule is O=[N+](O)c1cccc(/N=C/c2cc(Br)cc(Br)c2O)c1Cl. The maximum Gasteiger partial charge on any atom is 0.337 e. The first-order valence-corrected chi connectivity index (χ1v) is 7.53. The summed E-state index contributed by atoms with van der Waals surface area (Å²) in [7, 11) is 0. The van der Waals surface area contributed by atoms with Crippen molar-refractivity contribution >= 4 is 61.1 Å². The molecule has 0 spiro atoms. The predicted octanol–water partition coefficient (Wildman–Crippen LogP) is 5.12. The van der Waals surface area contributed by atoms with Gasteiger partial charge in [-0.05, 0) is 34.1 Å². The zero-order valence-electron chi connectivity index (χ0n) is 10.3. The quantitative estimate of drug-likeness (QED) is 0.519. The summed E-state index contributed by atoms with van der Waals surface area (Å²) in [6.07, 6.45) is 1.41. The first-order valence-electron chi connectivity index (χ1n) is 5.57. The van der Waals surface area contributed by atoms with Crippen LogP contribution in [0.1, 0.15) is 5.56 Å². The molecule has 8 heteroatoms. The van der Waals surface area contributed by atoms with Gasteiger partial charge in [-0.2, -0.15) is 0 Å². The Bertz CT molecular complexity index is 750. The second kappa shape index (κ2) is 6.55. The van der Waals surface area contributed by atoms with Crippen molar-refractivity contribution in [3.8, 4) is 5.75 Å². The molecule has 0 amide bonds. The van der Waals surface area contributed by atoms with Gasteiger partial charge >= 0.3 is 5.69 Å². The third-order valence-electron chi connectivity index (χ3n) is 2.56. The van der Waals surface area contributed by atoms with Gasteiger partial charge in [-0.15, -0.1) is 0 Å². The highest BCUT2D eigenvalue weighted by Crippen LogP contribution is 2.34. The van der Waals surface area contributed by atoms with Crippen molar-refractivity contribution < 1.29 is 15.2 Å². The molecule has 108 valence electrons. The van der Waals surface area contributed by atoms with Gasteiger partial charge in [-0.1, -0.05) is 33.6 Å². The van der Waals surface area contributed by atoms with Gasteiger partial charge in [-0.25, -0.2) is 5.21 Å². The van der Waals surface area contributed by atoms with E-state index < -0.39 is 0 Å². The number of benzene rings is 2. The maximum atomic E-state index is 10.9. The van der Waals surface area contributed by atoms with Crippen molar-refractivity contribution in [2.45, 2.75) is 0 Å². The molecule has 0 fully saturated rings. The minimum Gasteiger partial charge on any atom is -0.506 e. The summed E-state index contributed by atoms with van der Waals surface area (Å²) in [6.45, 7) is 0. The summed E-state index contributed by atoms with van der Waals surface area (Å²) in [4.78, 5) is 14.7. The summed E-state index contributed by atoms with van der Waals surface area (Å²) in [5.74, 6) is 0.0295. The fourth-order valence-electron chi connectivity index (χ4n) is 1.58. The van der Waals surface area contributed by atoms with Gasteiger partial charge in [-0.3, -0.25) is 4.99 Å². The lowest BCUT2D eigenvalue weighted by Crippen LogP contribution is -1.92. The molecule has 0 aromatic heterocycles. The number of rotatable bonds is 3. The molecule has 0 radical (unpaired) electrons. The fraction of sp³-hybridized carbons (Fsp3) is 0. The lowest BCUT2D eigenvalue weighted by atomic mass is 10.2. The van der Waals surface area contributed by atoms with Crippen molar-refractivity contribution in [3.05, 3.63) is 54.8 Å².